The SMILES string of the molecule is COC(=O)c1nc(Nc2cc(I)ccc2Br)sc1C. The van der Waals surface area contributed by atoms with Gasteiger partial charge in [0.05, 0.1) is 12.8 Å². The number of aryl methyl sites for hydroxylation is 1. The Morgan fingerprint density at radius 1 is 1.53 bits per heavy atom. The first-order valence-electron chi connectivity index (χ1n) is 5.29. The molecular weight excluding hydrogens is 443 g/mol. The minimum absolute atomic E-state index is 0.358. The highest BCUT2D eigenvalue weighted by Crippen LogP contribution is 2.30. The smallest absolute Gasteiger partial charge is 0.357 e. The summed E-state index contributed by atoms with van der Waals surface area (Å²) in [6.07, 6.45) is 0. The molecule has 2 rings (SSSR count). The fourth-order valence-corrected chi connectivity index (χ4v) is 3.09. The maximum Gasteiger partial charge on any atom is 0.357 e. The first-order valence-corrected chi connectivity index (χ1v) is 7.98. The molecule has 4 nitrogen and oxygen atoms in total. The molecule has 19 heavy (non-hydrogen) atoms. The highest BCUT2D eigenvalue weighted by atomic mass is 127. The molecule has 0 fully saturated rings. The molecule has 100 valence electrons. The summed E-state index contributed by atoms with van der Waals surface area (Å²) in [5.74, 6) is -0.413. The van der Waals surface area contributed by atoms with E-state index < -0.39 is 5.97 Å². The maximum atomic E-state index is 11.5. The second-order valence-corrected chi connectivity index (χ2v) is 6.97. The van der Waals surface area contributed by atoms with Crippen molar-refractivity contribution in [2.24, 2.45) is 0 Å². The van der Waals surface area contributed by atoms with Gasteiger partial charge < -0.3 is 10.1 Å². The number of carbonyl (C=O) groups excluding carboxylic acids is 1. The Morgan fingerprint density at radius 3 is 2.95 bits per heavy atom. The van der Waals surface area contributed by atoms with Crippen molar-refractivity contribution in [3.63, 3.8) is 0 Å². The van der Waals surface area contributed by atoms with E-state index in [4.69, 9.17) is 4.74 Å². The number of carbonyl (C=O) groups is 1. The van der Waals surface area contributed by atoms with Gasteiger partial charge in [-0.2, -0.15) is 0 Å². The molecule has 0 atom stereocenters. The van der Waals surface area contributed by atoms with E-state index in [2.05, 4.69) is 48.8 Å². The summed E-state index contributed by atoms with van der Waals surface area (Å²) in [5.41, 5.74) is 1.27. The van der Waals surface area contributed by atoms with Crippen molar-refractivity contribution in [3.8, 4) is 0 Å². The second kappa shape index (κ2) is 6.19. The molecule has 0 amide bonds. The zero-order valence-corrected chi connectivity index (χ0v) is 14.7. The largest absolute Gasteiger partial charge is 0.464 e. The molecule has 0 saturated heterocycles. The fourth-order valence-electron chi connectivity index (χ4n) is 1.44. The van der Waals surface area contributed by atoms with Gasteiger partial charge in [-0.3, -0.25) is 0 Å². The van der Waals surface area contributed by atoms with Crippen LogP contribution in [0.4, 0.5) is 10.8 Å². The number of rotatable bonds is 3. The van der Waals surface area contributed by atoms with Crippen LogP contribution in [0.3, 0.4) is 0 Å². The predicted molar refractivity (Wildman–Crippen MR) is 88.3 cm³/mol. The van der Waals surface area contributed by atoms with Gasteiger partial charge in [-0.25, -0.2) is 9.78 Å². The lowest BCUT2D eigenvalue weighted by molar-refractivity contribution is 0.0594. The topological polar surface area (TPSA) is 51.2 Å². The summed E-state index contributed by atoms with van der Waals surface area (Å²) >= 11 is 7.14. The fraction of sp³-hybridized carbons (Fsp3) is 0.167. The number of nitrogens with one attached hydrogen (secondary N) is 1. The van der Waals surface area contributed by atoms with Crippen LogP contribution in [0.2, 0.25) is 0 Å². The molecule has 1 N–H and O–H groups in total. The summed E-state index contributed by atoms with van der Waals surface area (Å²) in [6, 6.07) is 5.97. The van der Waals surface area contributed by atoms with Crippen LogP contribution in [-0.4, -0.2) is 18.1 Å². The van der Waals surface area contributed by atoms with Gasteiger partial charge in [0, 0.05) is 12.9 Å². The van der Waals surface area contributed by atoms with Crippen molar-refractivity contribution in [2.45, 2.75) is 6.92 Å². The summed E-state index contributed by atoms with van der Waals surface area (Å²) in [6.45, 7) is 1.85. The Bertz CT molecular complexity index is 630. The van der Waals surface area contributed by atoms with Gasteiger partial charge in [-0.05, 0) is 63.6 Å². The van der Waals surface area contributed by atoms with Crippen LogP contribution in [0.25, 0.3) is 0 Å². The number of aromatic nitrogens is 1. The van der Waals surface area contributed by atoms with Crippen LogP contribution in [-0.2, 0) is 4.74 Å². The number of thiazole rings is 1. The first kappa shape index (κ1) is 14.7. The number of hydrogen-bond donors (Lipinski definition) is 1. The van der Waals surface area contributed by atoms with Gasteiger partial charge in [0.25, 0.3) is 0 Å². The molecule has 2 aromatic rings. The van der Waals surface area contributed by atoms with Crippen LogP contribution in [0.15, 0.2) is 22.7 Å². The molecule has 0 radical (unpaired) electrons. The molecule has 1 aromatic heterocycles. The van der Waals surface area contributed by atoms with Crippen molar-refractivity contribution in [1.29, 1.82) is 0 Å². The van der Waals surface area contributed by atoms with Crippen LogP contribution >= 0.6 is 49.9 Å². The third-order valence-corrected chi connectivity index (χ3v) is 4.59. The van der Waals surface area contributed by atoms with E-state index in [1.807, 2.05) is 25.1 Å². The number of hydrogen-bond acceptors (Lipinski definition) is 5. The molecule has 0 aliphatic carbocycles. The molecule has 0 spiro atoms. The van der Waals surface area contributed by atoms with Crippen molar-refractivity contribution >= 4 is 66.6 Å². The summed E-state index contributed by atoms with van der Waals surface area (Å²) in [5, 5.41) is 3.87. The third kappa shape index (κ3) is 3.46. The second-order valence-electron chi connectivity index (χ2n) is 3.66. The van der Waals surface area contributed by atoms with E-state index >= 15 is 0 Å². The van der Waals surface area contributed by atoms with Crippen molar-refractivity contribution in [2.75, 3.05) is 12.4 Å². The van der Waals surface area contributed by atoms with Crippen LogP contribution in [0.5, 0.6) is 0 Å². The summed E-state index contributed by atoms with van der Waals surface area (Å²) < 4.78 is 6.75. The van der Waals surface area contributed by atoms with Crippen molar-refractivity contribution < 1.29 is 9.53 Å². The maximum absolute atomic E-state index is 11.5. The van der Waals surface area contributed by atoms with Gasteiger partial charge >= 0.3 is 5.97 Å². The minimum atomic E-state index is -0.413. The standard InChI is InChI=1S/C12H10BrIN2O2S/c1-6-10(11(17)18-2)16-12(19-6)15-9-5-7(14)3-4-8(9)13/h3-5H,1-2H3,(H,15,16). The average molecular weight is 453 g/mol. The highest BCUT2D eigenvalue weighted by Gasteiger charge is 2.16. The Morgan fingerprint density at radius 2 is 2.26 bits per heavy atom. The van der Waals surface area contributed by atoms with E-state index in [1.54, 1.807) is 0 Å². The molecule has 0 bridgehead atoms. The first-order chi connectivity index (χ1) is 9.01. The molecule has 7 heteroatoms. The number of nitrogens with zero attached hydrogens (tertiary/aromatic N) is 1. The Labute approximate surface area is 136 Å². The van der Waals surface area contributed by atoms with E-state index in [1.165, 1.54) is 18.4 Å². The van der Waals surface area contributed by atoms with E-state index in [-0.39, 0.29) is 0 Å². The number of ether oxygens (including phenoxy) is 1. The molecule has 0 aliphatic rings. The quantitative estimate of drug-likeness (QED) is 0.555. The lowest BCUT2D eigenvalue weighted by atomic mass is 10.3. The highest BCUT2D eigenvalue weighted by molar-refractivity contribution is 14.1. The van der Waals surface area contributed by atoms with E-state index in [0.29, 0.717) is 10.8 Å². The van der Waals surface area contributed by atoms with E-state index in [9.17, 15) is 4.79 Å². The lowest BCUT2D eigenvalue weighted by Gasteiger charge is -2.05. The molecular formula is C12H10BrIN2O2S. The Kier molecular flexibility index (Phi) is 4.80. The molecule has 0 saturated carbocycles. The number of benzene rings is 1. The number of halogens is 2. The molecule has 1 heterocycles. The van der Waals surface area contributed by atoms with Gasteiger partial charge in [0.2, 0.25) is 0 Å². The summed E-state index contributed by atoms with van der Waals surface area (Å²) in [7, 11) is 1.35. The summed E-state index contributed by atoms with van der Waals surface area (Å²) in [4.78, 5) is 16.6. The Balaban J connectivity index is 2.29. The van der Waals surface area contributed by atoms with Gasteiger partial charge in [-0.1, -0.05) is 0 Å². The lowest BCUT2D eigenvalue weighted by Crippen LogP contribution is -2.03. The van der Waals surface area contributed by atoms with Crippen LogP contribution in [0.1, 0.15) is 15.4 Å². The molecule has 1 aromatic carbocycles. The third-order valence-electron chi connectivity index (χ3n) is 2.35. The monoisotopic (exact) mass is 452 g/mol. The van der Waals surface area contributed by atoms with Crippen molar-refractivity contribution in [3.05, 3.63) is 36.8 Å². The van der Waals surface area contributed by atoms with Gasteiger partial charge in [0.1, 0.15) is 0 Å². The van der Waals surface area contributed by atoms with Crippen molar-refractivity contribution in [1.82, 2.24) is 4.98 Å². The zero-order chi connectivity index (χ0) is 14.0. The van der Waals surface area contributed by atoms with E-state index in [0.717, 1.165) is 18.6 Å². The van der Waals surface area contributed by atoms with Gasteiger partial charge in [0.15, 0.2) is 10.8 Å². The predicted octanol–water partition coefficient (Wildman–Crippen LogP) is 4.35. The van der Waals surface area contributed by atoms with Crippen LogP contribution < -0.4 is 5.32 Å². The normalized spacial score (nSPS) is 10.3. The molecule has 0 aliphatic heterocycles. The Hall–Kier alpha value is -0.670. The minimum Gasteiger partial charge on any atom is -0.464 e. The number of esters is 1. The van der Waals surface area contributed by atoms with Crippen LogP contribution in [0, 0.1) is 10.5 Å². The zero-order valence-electron chi connectivity index (χ0n) is 10.2. The molecule has 0 unspecified atom stereocenters. The number of anilines is 2. The van der Waals surface area contributed by atoms with Gasteiger partial charge in [-0.15, -0.1) is 11.3 Å². The average Bonchev–Trinajstić information content (AvgIpc) is 2.74. The number of methoxy groups -OCH3 is 1.